The molecule has 3 aliphatic rings. The monoisotopic (exact) mass is 1050 g/mol. The Labute approximate surface area is 428 Å². The Hall–Kier alpha value is -6.64. The Morgan fingerprint density at radius 3 is 1.64 bits per heavy atom. The van der Waals surface area contributed by atoms with Crippen LogP contribution in [0.25, 0.3) is 0 Å². The van der Waals surface area contributed by atoms with Crippen molar-refractivity contribution in [2.24, 2.45) is 11.8 Å². The van der Waals surface area contributed by atoms with Crippen LogP contribution >= 0.6 is 0 Å². The molecule has 11 N–H and O–H groups in total. The maximum Gasteiger partial charge on any atom is 0.326 e. The van der Waals surface area contributed by atoms with Gasteiger partial charge in [0.15, 0.2) is 0 Å². The molecule has 1 aromatic carbocycles. The summed E-state index contributed by atoms with van der Waals surface area (Å²) in [7, 11) is 0. The zero-order chi connectivity index (χ0) is 54.2. The highest BCUT2D eigenvalue weighted by Gasteiger charge is 2.31. The van der Waals surface area contributed by atoms with Crippen LogP contribution in [0.2, 0.25) is 0 Å². The van der Waals surface area contributed by atoms with E-state index in [-0.39, 0.29) is 115 Å². The second-order valence-electron chi connectivity index (χ2n) is 19.1. The second-order valence-corrected chi connectivity index (χ2v) is 19.1. The summed E-state index contributed by atoms with van der Waals surface area (Å²) in [6.45, 7) is 2.33. The number of amides is 5. The summed E-state index contributed by atoms with van der Waals surface area (Å²) in [6, 6.07) is 0.627. The molecule has 1 saturated heterocycles. The van der Waals surface area contributed by atoms with E-state index in [2.05, 4.69) is 26.6 Å². The smallest absolute Gasteiger partial charge is 0.326 e. The topological polar surface area (TPSA) is 374 Å². The number of carbonyl (C=O) groups is 10. The number of rotatable bonds is 27. The summed E-state index contributed by atoms with van der Waals surface area (Å²) in [5, 5.41) is 69.4. The van der Waals surface area contributed by atoms with Crippen molar-refractivity contribution in [1.29, 1.82) is 0 Å². The average molecular weight is 1050 g/mol. The van der Waals surface area contributed by atoms with Crippen LogP contribution in [0.3, 0.4) is 0 Å². The number of hydrogen-bond donors (Lipinski definition) is 11. The molecule has 4 rings (SSSR count). The van der Waals surface area contributed by atoms with Crippen LogP contribution in [0, 0.1) is 11.8 Å². The van der Waals surface area contributed by atoms with Crippen molar-refractivity contribution in [3.8, 4) is 5.75 Å². The summed E-state index contributed by atoms with van der Waals surface area (Å²) < 4.78 is 5.75. The minimum atomic E-state index is -1.55. The number of aryl methyl sites for hydroxylation is 1. The lowest BCUT2D eigenvalue weighted by Crippen LogP contribution is -2.51. The number of aliphatic carboxylic acids is 6. The van der Waals surface area contributed by atoms with Crippen molar-refractivity contribution in [2.75, 3.05) is 98.2 Å². The third-order valence-corrected chi connectivity index (χ3v) is 13.3. The van der Waals surface area contributed by atoms with E-state index in [4.69, 9.17) is 9.84 Å². The molecule has 1 aromatic rings. The number of hydrogen-bond acceptors (Lipinski definition) is 15. The molecular weight excluding hydrogens is 975 g/mol. The molecule has 3 atom stereocenters. The van der Waals surface area contributed by atoms with Gasteiger partial charge in [0.05, 0.1) is 32.8 Å². The van der Waals surface area contributed by atoms with Gasteiger partial charge in [0.2, 0.25) is 17.7 Å². The Kier molecular flexibility index (Phi) is 25.2. The molecule has 1 aliphatic carbocycles. The molecule has 2 heterocycles. The van der Waals surface area contributed by atoms with Gasteiger partial charge in [-0.2, -0.15) is 0 Å². The summed E-state index contributed by atoms with van der Waals surface area (Å²) in [5.41, 5.74) is 1.80. The highest BCUT2D eigenvalue weighted by molar-refractivity contribution is 5.89. The van der Waals surface area contributed by atoms with E-state index in [0.29, 0.717) is 51.9 Å². The quantitative estimate of drug-likeness (QED) is 0.0461. The molecule has 26 heteroatoms. The van der Waals surface area contributed by atoms with Gasteiger partial charge in [0.25, 0.3) is 0 Å². The number of nitrogens with zero attached hydrogens (tertiary/aromatic N) is 4. The molecule has 0 unspecified atom stereocenters. The van der Waals surface area contributed by atoms with E-state index in [0.717, 1.165) is 29.7 Å². The number of carbonyl (C=O) groups excluding carboxylic acids is 4. The first kappa shape index (κ1) is 59.9. The lowest BCUT2D eigenvalue weighted by molar-refractivity contribution is -0.141. The van der Waals surface area contributed by atoms with Crippen molar-refractivity contribution < 1.29 is 83.3 Å². The number of carboxylic acids is 6. The predicted octanol–water partition coefficient (Wildman–Crippen LogP) is -1.21. The third-order valence-electron chi connectivity index (χ3n) is 13.3. The van der Waals surface area contributed by atoms with Crippen LogP contribution in [-0.4, -0.2) is 226 Å². The van der Waals surface area contributed by atoms with E-state index in [9.17, 15) is 73.5 Å². The van der Waals surface area contributed by atoms with Crippen LogP contribution in [0.15, 0.2) is 18.2 Å². The Morgan fingerprint density at radius 2 is 1.12 bits per heavy atom. The molecule has 0 aromatic heterocycles. The molecule has 0 radical (unpaired) electrons. The van der Waals surface area contributed by atoms with Crippen molar-refractivity contribution >= 4 is 59.6 Å². The minimum absolute atomic E-state index is 0.0282. The lowest BCUT2D eigenvalue weighted by Gasteiger charge is -2.33. The third kappa shape index (κ3) is 22.6. The molecule has 412 valence electrons. The van der Waals surface area contributed by atoms with E-state index < -0.39 is 84.6 Å². The fourth-order valence-corrected chi connectivity index (χ4v) is 9.16. The van der Waals surface area contributed by atoms with Crippen molar-refractivity contribution in [3.63, 3.8) is 0 Å². The molecule has 2 aliphatic heterocycles. The number of urea groups is 1. The fraction of sp³-hybridized carbons (Fsp3) is 0.667. The number of carboxylic acid groups (broad SMARTS) is 6. The van der Waals surface area contributed by atoms with Crippen LogP contribution in [0.5, 0.6) is 5.75 Å². The normalized spacial score (nSPS) is 19.5. The number of ether oxygens (including phenoxy) is 1. The number of nitrogens with one attached hydrogen (secondary N) is 5. The molecule has 1 saturated carbocycles. The van der Waals surface area contributed by atoms with E-state index in [1.807, 2.05) is 23.1 Å². The summed E-state index contributed by atoms with van der Waals surface area (Å²) >= 11 is 0. The van der Waals surface area contributed by atoms with Gasteiger partial charge >= 0.3 is 41.8 Å². The van der Waals surface area contributed by atoms with Gasteiger partial charge in [0.1, 0.15) is 23.9 Å². The van der Waals surface area contributed by atoms with Crippen molar-refractivity contribution in [1.82, 2.24) is 46.2 Å². The van der Waals surface area contributed by atoms with Gasteiger partial charge in [-0.1, -0.05) is 12.1 Å². The fourth-order valence-electron chi connectivity index (χ4n) is 9.16. The summed E-state index contributed by atoms with van der Waals surface area (Å²) in [6.07, 6.45) is 3.55. The average Bonchev–Trinajstić information content (AvgIpc) is 3.34. The zero-order valence-corrected chi connectivity index (χ0v) is 41.7. The molecule has 26 nitrogen and oxygen atoms in total. The first-order valence-electron chi connectivity index (χ1n) is 25.1. The first-order valence-corrected chi connectivity index (χ1v) is 25.1. The minimum Gasteiger partial charge on any atom is -0.493 e. The van der Waals surface area contributed by atoms with E-state index >= 15 is 0 Å². The van der Waals surface area contributed by atoms with Crippen molar-refractivity contribution in [2.45, 2.75) is 95.2 Å². The summed E-state index contributed by atoms with van der Waals surface area (Å²) in [4.78, 5) is 129. The zero-order valence-electron chi connectivity index (χ0n) is 41.7. The molecule has 5 amide bonds. The highest BCUT2D eigenvalue weighted by atomic mass is 16.5. The van der Waals surface area contributed by atoms with Crippen LogP contribution < -0.4 is 31.3 Å². The SMILES string of the molecule is O=C(O)CC[C@H](NC(=O)N[C@@H](CCCCNC(=O)[C@@H](Cc1ccc2c(c1)CCCO2)NC(=O)C1CCC(CNC(=O)CN2CCN(CC(=O)O)CCN(CC(=O)O)CCN(CC(=O)O)CC2)CC1)C(=O)O)C(=O)O. The van der Waals surface area contributed by atoms with Crippen LogP contribution in [-0.2, 0) is 56.0 Å². The predicted molar refractivity (Wildman–Crippen MR) is 261 cm³/mol. The Morgan fingerprint density at radius 1 is 0.595 bits per heavy atom. The van der Waals surface area contributed by atoms with E-state index in [1.165, 1.54) is 0 Å². The largest absolute Gasteiger partial charge is 0.493 e. The van der Waals surface area contributed by atoms with Gasteiger partial charge in [-0.05, 0) is 87.3 Å². The second kappa shape index (κ2) is 31.2. The van der Waals surface area contributed by atoms with Gasteiger partial charge < -0.3 is 62.0 Å². The van der Waals surface area contributed by atoms with Gasteiger partial charge in [-0.3, -0.25) is 53.2 Å². The van der Waals surface area contributed by atoms with Crippen LogP contribution in [0.1, 0.15) is 75.3 Å². The maximum atomic E-state index is 13.8. The first-order chi connectivity index (χ1) is 35.2. The lowest BCUT2D eigenvalue weighted by atomic mass is 9.81. The van der Waals surface area contributed by atoms with Gasteiger partial charge in [-0.25, -0.2) is 14.4 Å². The molecular formula is C48H73N9O17. The van der Waals surface area contributed by atoms with Gasteiger partial charge in [0, 0.05) is 84.2 Å². The molecule has 0 bridgehead atoms. The number of benzene rings is 1. The number of fused-ring (bicyclic) bond motifs is 1. The highest BCUT2D eigenvalue weighted by Crippen LogP contribution is 2.29. The molecule has 74 heavy (non-hydrogen) atoms. The van der Waals surface area contributed by atoms with Crippen molar-refractivity contribution in [3.05, 3.63) is 29.3 Å². The van der Waals surface area contributed by atoms with E-state index in [1.54, 1.807) is 14.7 Å². The number of unbranched alkanes of at least 4 members (excludes halogenated alkanes) is 1. The Balaban J connectivity index is 1.29. The van der Waals surface area contributed by atoms with Crippen LogP contribution in [0.4, 0.5) is 4.79 Å². The summed E-state index contributed by atoms with van der Waals surface area (Å²) in [5.74, 6) is -7.89. The molecule has 0 spiro atoms. The Bertz CT molecular complexity index is 2070. The van der Waals surface area contributed by atoms with Gasteiger partial charge in [-0.15, -0.1) is 0 Å². The standard InChI is InChI=1S/C48H73N9O17/c58-39(27-54-15-17-55(28-41(61)62)19-21-57(30-43(65)66)22-20-56(18-16-54)29-42(63)64)50-26-31-6-9-33(10-7-31)44(67)51-37(25-32-8-12-38-34(24-32)4-3-23-74-38)45(68)49-14-2-1-5-35(46(69)70)52-48(73)53-36(47(71)72)11-13-40(59)60/h8,12,24,31,33,35-37H,1-7,9-11,13-23,25-30H2,(H,49,68)(H,50,58)(H,51,67)(H,59,60)(H,61,62)(H,63,64)(H,65,66)(H,69,70)(H,71,72)(H2,52,53,73)/t31?,33?,35-,36-,37+/m0/s1. The maximum absolute atomic E-state index is 13.8. The molecule has 2 fully saturated rings.